The molecule has 0 unspecified atom stereocenters. The molecule has 0 saturated heterocycles. The van der Waals surface area contributed by atoms with Crippen LogP contribution in [0.2, 0.25) is 0 Å². The molecule has 0 spiro atoms. The predicted octanol–water partition coefficient (Wildman–Crippen LogP) is 4.19. The summed E-state index contributed by atoms with van der Waals surface area (Å²) in [6.45, 7) is 11.0. The smallest absolute Gasteiger partial charge is 0.0471 e. The van der Waals surface area contributed by atoms with E-state index >= 15 is 0 Å². The van der Waals surface area contributed by atoms with Gasteiger partial charge in [-0.3, -0.25) is 4.98 Å². The van der Waals surface area contributed by atoms with Crippen molar-refractivity contribution >= 4 is 22.5 Å². The molecule has 84 valence electrons. The van der Waals surface area contributed by atoms with Crippen LogP contribution in [-0.2, 0) is 10.2 Å². The number of thiol groups is 1. The Hall–Kier alpha value is -0.150. The van der Waals surface area contributed by atoms with E-state index in [0.717, 1.165) is 0 Å². The van der Waals surface area contributed by atoms with Gasteiger partial charge in [0.15, 0.2) is 0 Å². The van der Waals surface area contributed by atoms with Crippen LogP contribution < -0.4 is 0 Å². The van der Waals surface area contributed by atoms with Gasteiger partial charge < -0.3 is 0 Å². The van der Waals surface area contributed by atoms with Crippen LogP contribution in [0.1, 0.15) is 45.7 Å². The maximum absolute atomic E-state index is 4.34. The van der Waals surface area contributed by atoms with Crippen molar-refractivity contribution in [3.8, 4) is 0 Å². The first-order chi connectivity index (χ1) is 6.79. The second kappa shape index (κ2) is 4.38. The molecule has 0 aliphatic rings. The molecule has 1 nitrogen and oxygen atoms in total. The fourth-order valence-electron chi connectivity index (χ4n) is 1.58. The Morgan fingerprint density at radius 3 is 2.20 bits per heavy atom. The molecular weight excluding hydrogens is 222 g/mol. The molecule has 0 aliphatic heterocycles. The molecule has 3 heteroatoms. The van der Waals surface area contributed by atoms with Gasteiger partial charge in [0.2, 0.25) is 0 Å². The lowest BCUT2D eigenvalue weighted by molar-refractivity contribution is 0.570. The molecule has 0 radical (unpaired) electrons. The molecule has 0 atom stereocenters. The second-order valence-electron chi connectivity index (χ2n) is 5.27. The molecule has 1 heterocycles. The highest BCUT2D eigenvalue weighted by Gasteiger charge is 2.27. The van der Waals surface area contributed by atoms with Crippen LogP contribution in [0.25, 0.3) is 0 Å². The molecule has 0 aliphatic carbocycles. The molecule has 15 heavy (non-hydrogen) atoms. The molecule has 0 N–H and O–H groups in total. The van der Waals surface area contributed by atoms with Crippen LogP contribution in [0.3, 0.4) is 0 Å². The molecule has 1 aromatic rings. The maximum Gasteiger partial charge on any atom is 0.0471 e. The molecule has 0 fully saturated rings. The zero-order valence-electron chi connectivity index (χ0n) is 10.0. The first-order valence-electron chi connectivity index (χ1n) is 5.06. The van der Waals surface area contributed by atoms with Crippen molar-refractivity contribution in [2.24, 2.45) is 0 Å². The monoisotopic (exact) mass is 241 g/mol. The Bertz CT molecular complexity index is 340. The second-order valence-corrected chi connectivity index (χ2v) is 7.02. The first-order valence-corrected chi connectivity index (χ1v) is 6.93. The van der Waals surface area contributed by atoms with E-state index in [4.69, 9.17) is 0 Å². The van der Waals surface area contributed by atoms with Gasteiger partial charge in [-0.05, 0) is 36.5 Å². The van der Waals surface area contributed by atoms with Crippen LogP contribution >= 0.6 is 22.5 Å². The van der Waals surface area contributed by atoms with E-state index in [-0.39, 0.29) is 10.2 Å². The summed E-state index contributed by atoms with van der Waals surface area (Å²) in [5.74, 6) is 0. The van der Waals surface area contributed by atoms with Crippen LogP contribution in [0, 0.1) is 0 Å². The van der Waals surface area contributed by atoms with Crippen LogP contribution in [0.5, 0.6) is 0 Å². The zero-order chi connectivity index (χ0) is 11.7. The minimum Gasteiger partial charge on any atom is -0.264 e. The molecule has 1 aromatic heterocycles. The Labute approximate surface area is 102 Å². The highest BCUT2D eigenvalue weighted by Crippen LogP contribution is 2.41. The maximum atomic E-state index is 4.34. The molecule has 1 rings (SSSR count). The number of pyridine rings is 1. The third-order valence-corrected chi connectivity index (χ3v) is 4.55. The van der Waals surface area contributed by atoms with E-state index in [1.54, 1.807) is 10.8 Å². The number of hydrogen-bond donors (Lipinski definition) is 1. The molecule has 0 amide bonds. The highest BCUT2D eigenvalue weighted by molar-refractivity contribution is 8.69. The molecule has 0 bridgehead atoms. The van der Waals surface area contributed by atoms with Gasteiger partial charge in [0.05, 0.1) is 0 Å². The standard InChI is InChI=1S/C12H19NS2/c1-11(2,3)9-6-7-13-8-10(9)12(4,5)15-14/h6-8,14H,1-5H3. The Balaban J connectivity index is 3.31. The normalized spacial score (nSPS) is 12.9. The van der Waals surface area contributed by atoms with Crippen molar-refractivity contribution in [2.45, 2.75) is 44.8 Å². The lowest BCUT2D eigenvalue weighted by Gasteiger charge is -2.30. The summed E-state index contributed by atoms with van der Waals surface area (Å²) >= 11 is 4.34. The van der Waals surface area contributed by atoms with Crippen LogP contribution in [0.15, 0.2) is 18.5 Å². The first kappa shape index (κ1) is 12.9. The Morgan fingerprint density at radius 1 is 1.13 bits per heavy atom. The van der Waals surface area contributed by atoms with E-state index in [2.05, 4.69) is 57.3 Å². The third kappa shape index (κ3) is 2.91. The van der Waals surface area contributed by atoms with Gasteiger partial charge in [-0.1, -0.05) is 31.6 Å². The van der Waals surface area contributed by atoms with Crippen molar-refractivity contribution in [1.29, 1.82) is 0 Å². The van der Waals surface area contributed by atoms with Gasteiger partial charge in [0.25, 0.3) is 0 Å². The van der Waals surface area contributed by atoms with Crippen molar-refractivity contribution in [2.75, 3.05) is 0 Å². The molecule has 0 saturated carbocycles. The minimum atomic E-state index is -0.0000154. The van der Waals surface area contributed by atoms with Crippen molar-refractivity contribution < 1.29 is 0 Å². The van der Waals surface area contributed by atoms with Crippen molar-refractivity contribution in [1.82, 2.24) is 4.98 Å². The topological polar surface area (TPSA) is 12.9 Å². The summed E-state index contributed by atoms with van der Waals surface area (Å²) in [4.78, 5) is 4.23. The average Bonchev–Trinajstić information content (AvgIpc) is 2.16. The largest absolute Gasteiger partial charge is 0.264 e. The lowest BCUT2D eigenvalue weighted by Crippen LogP contribution is -2.21. The third-order valence-electron chi connectivity index (χ3n) is 2.51. The van der Waals surface area contributed by atoms with Crippen LogP contribution in [0.4, 0.5) is 0 Å². The Kier molecular flexibility index (Phi) is 3.77. The summed E-state index contributed by atoms with van der Waals surface area (Å²) in [5.41, 5.74) is 2.78. The van der Waals surface area contributed by atoms with Gasteiger partial charge in [0.1, 0.15) is 0 Å². The summed E-state index contributed by atoms with van der Waals surface area (Å²) in [5, 5.41) is 0. The summed E-state index contributed by atoms with van der Waals surface area (Å²) in [7, 11) is 1.56. The zero-order valence-corrected chi connectivity index (χ0v) is 11.7. The van der Waals surface area contributed by atoms with Crippen molar-refractivity contribution in [3.05, 3.63) is 29.6 Å². The Morgan fingerprint density at radius 2 is 1.73 bits per heavy atom. The van der Waals surface area contributed by atoms with Gasteiger partial charge in [0, 0.05) is 17.1 Å². The van der Waals surface area contributed by atoms with E-state index in [1.807, 2.05) is 12.4 Å². The molecule has 0 aromatic carbocycles. The summed E-state index contributed by atoms with van der Waals surface area (Å²) < 4.78 is -0.0000154. The number of rotatable bonds is 2. The fraction of sp³-hybridized carbons (Fsp3) is 0.583. The van der Waals surface area contributed by atoms with E-state index in [9.17, 15) is 0 Å². The predicted molar refractivity (Wildman–Crippen MR) is 72.5 cm³/mol. The lowest BCUT2D eigenvalue weighted by atomic mass is 9.81. The molecular formula is C12H19NS2. The van der Waals surface area contributed by atoms with Gasteiger partial charge in [-0.25, -0.2) is 0 Å². The average molecular weight is 241 g/mol. The summed E-state index contributed by atoms with van der Waals surface area (Å²) in [6, 6.07) is 2.11. The summed E-state index contributed by atoms with van der Waals surface area (Å²) in [6.07, 6.45) is 3.83. The van der Waals surface area contributed by atoms with E-state index in [0.29, 0.717) is 0 Å². The highest BCUT2D eigenvalue weighted by atomic mass is 33.1. The van der Waals surface area contributed by atoms with Crippen molar-refractivity contribution in [3.63, 3.8) is 0 Å². The number of hydrogen-bond acceptors (Lipinski definition) is 3. The van der Waals surface area contributed by atoms with E-state index < -0.39 is 0 Å². The number of aromatic nitrogens is 1. The minimum absolute atomic E-state index is 0.0000154. The quantitative estimate of drug-likeness (QED) is 0.616. The van der Waals surface area contributed by atoms with E-state index in [1.165, 1.54) is 11.1 Å². The SMILES string of the molecule is CC(C)(C)c1ccncc1C(C)(C)SS. The van der Waals surface area contributed by atoms with Crippen LogP contribution in [-0.4, -0.2) is 4.98 Å². The number of nitrogens with zero attached hydrogens (tertiary/aromatic N) is 1. The van der Waals surface area contributed by atoms with Gasteiger partial charge in [-0.2, -0.15) is 0 Å². The van der Waals surface area contributed by atoms with Gasteiger partial charge >= 0.3 is 0 Å². The van der Waals surface area contributed by atoms with Gasteiger partial charge in [-0.15, -0.1) is 11.7 Å². The fourth-order valence-corrected chi connectivity index (χ4v) is 2.13.